The van der Waals surface area contributed by atoms with Gasteiger partial charge >= 0.3 is 0 Å². The Hall–Kier alpha value is -2.30. The fourth-order valence-corrected chi connectivity index (χ4v) is 1.67. The first kappa shape index (κ1) is 13.1. The van der Waals surface area contributed by atoms with Gasteiger partial charge in [0.1, 0.15) is 23.2 Å². The number of ether oxygens (including phenoxy) is 1. The van der Waals surface area contributed by atoms with Gasteiger partial charge in [0.2, 0.25) is 0 Å². The smallest absolute Gasteiger partial charge is 0.199 e. The monoisotopic (exact) mass is 266 g/mol. The predicted molar refractivity (Wildman–Crippen MR) is 62.7 cm³/mol. The Morgan fingerprint density at radius 2 is 1.53 bits per heavy atom. The fourth-order valence-electron chi connectivity index (χ4n) is 1.67. The first-order chi connectivity index (χ1) is 9.02. The highest BCUT2D eigenvalue weighted by molar-refractivity contribution is 6.10. The van der Waals surface area contributed by atoms with Crippen molar-refractivity contribution in [3.63, 3.8) is 0 Å². The molecule has 0 fully saturated rings. The summed E-state index contributed by atoms with van der Waals surface area (Å²) < 4.78 is 44.2. The van der Waals surface area contributed by atoms with Crippen LogP contribution in [0.3, 0.4) is 0 Å². The molecule has 0 aromatic heterocycles. The second-order valence-electron chi connectivity index (χ2n) is 3.80. The Kier molecular flexibility index (Phi) is 3.55. The van der Waals surface area contributed by atoms with Crippen LogP contribution in [-0.2, 0) is 0 Å². The van der Waals surface area contributed by atoms with Crippen LogP contribution >= 0.6 is 0 Å². The highest BCUT2D eigenvalue weighted by atomic mass is 19.1. The molecule has 0 aliphatic heterocycles. The van der Waals surface area contributed by atoms with Crippen LogP contribution < -0.4 is 4.74 Å². The lowest BCUT2D eigenvalue weighted by molar-refractivity contribution is 0.103. The van der Waals surface area contributed by atoms with Crippen molar-refractivity contribution in [1.29, 1.82) is 0 Å². The van der Waals surface area contributed by atoms with Gasteiger partial charge < -0.3 is 4.74 Å². The van der Waals surface area contributed by atoms with Crippen LogP contribution in [0.5, 0.6) is 5.75 Å². The normalized spacial score (nSPS) is 10.3. The molecule has 0 aliphatic rings. The number of methoxy groups -OCH3 is 1. The lowest BCUT2D eigenvalue weighted by Crippen LogP contribution is -2.07. The minimum atomic E-state index is -0.976. The minimum absolute atomic E-state index is 0.00581. The summed E-state index contributed by atoms with van der Waals surface area (Å²) in [5.41, 5.74) is -0.291. The Labute approximate surface area is 107 Å². The van der Waals surface area contributed by atoms with Crippen LogP contribution in [-0.4, -0.2) is 12.9 Å². The molecule has 0 radical (unpaired) electrons. The molecular weight excluding hydrogens is 257 g/mol. The Bertz CT molecular complexity index is 639. The van der Waals surface area contributed by atoms with Gasteiger partial charge in [0.25, 0.3) is 0 Å². The van der Waals surface area contributed by atoms with E-state index in [1.54, 1.807) is 0 Å². The third-order valence-electron chi connectivity index (χ3n) is 2.58. The van der Waals surface area contributed by atoms with E-state index in [2.05, 4.69) is 0 Å². The van der Waals surface area contributed by atoms with Crippen molar-refractivity contribution in [3.05, 3.63) is 65.0 Å². The standard InChI is InChI=1S/C14H9F3O2/c1-19-13-7-9(16)3-5-11(13)14(18)10-4-2-8(15)6-12(10)17/h2-7H,1H3. The molecule has 2 nitrogen and oxygen atoms in total. The summed E-state index contributed by atoms with van der Waals surface area (Å²) in [7, 11) is 1.27. The van der Waals surface area contributed by atoms with Crippen molar-refractivity contribution < 1.29 is 22.7 Å². The topological polar surface area (TPSA) is 26.3 Å². The fraction of sp³-hybridized carbons (Fsp3) is 0.0714. The number of carbonyl (C=O) groups excluding carboxylic acids is 1. The second kappa shape index (κ2) is 5.14. The van der Waals surface area contributed by atoms with Crippen LogP contribution in [0.25, 0.3) is 0 Å². The van der Waals surface area contributed by atoms with Gasteiger partial charge in [-0.25, -0.2) is 13.2 Å². The van der Waals surface area contributed by atoms with E-state index in [0.29, 0.717) is 6.07 Å². The molecule has 5 heteroatoms. The number of halogens is 3. The molecule has 98 valence electrons. The zero-order valence-corrected chi connectivity index (χ0v) is 9.91. The molecule has 0 saturated heterocycles. The molecule has 0 saturated carbocycles. The van der Waals surface area contributed by atoms with Crippen LogP contribution in [0.2, 0.25) is 0 Å². The summed E-state index contributed by atoms with van der Waals surface area (Å²) in [5, 5.41) is 0. The molecule has 0 aliphatic carbocycles. The molecule has 0 bridgehead atoms. The van der Waals surface area contributed by atoms with Crippen molar-refractivity contribution in [1.82, 2.24) is 0 Å². The van der Waals surface area contributed by atoms with Crippen molar-refractivity contribution in [2.45, 2.75) is 0 Å². The number of rotatable bonds is 3. The number of ketones is 1. The van der Waals surface area contributed by atoms with Crippen molar-refractivity contribution in [2.75, 3.05) is 7.11 Å². The summed E-state index contributed by atoms with van der Waals surface area (Å²) in [6.07, 6.45) is 0. The molecule has 0 spiro atoms. The molecule has 2 aromatic carbocycles. The molecule has 0 amide bonds. The molecule has 19 heavy (non-hydrogen) atoms. The van der Waals surface area contributed by atoms with Crippen LogP contribution in [0.4, 0.5) is 13.2 Å². The predicted octanol–water partition coefficient (Wildman–Crippen LogP) is 3.34. The average molecular weight is 266 g/mol. The zero-order chi connectivity index (χ0) is 14.0. The maximum atomic E-state index is 13.5. The summed E-state index contributed by atoms with van der Waals surface area (Å²) in [4.78, 5) is 12.1. The van der Waals surface area contributed by atoms with Gasteiger partial charge in [0.15, 0.2) is 5.78 Å². The highest BCUT2D eigenvalue weighted by Crippen LogP contribution is 2.24. The van der Waals surface area contributed by atoms with E-state index in [4.69, 9.17) is 4.74 Å². The van der Waals surface area contributed by atoms with E-state index in [0.717, 1.165) is 24.3 Å². The SMILES string of the molecule is COc1cc(F)ccc1C(=O)c1ccc(F)cc1F. The summed E-state index contributed by atoms with van der Waals surface area (Å²) in [5.74, 6) is -3.03. The number of hydrogen-bond acceptors (Lipinski definition) is 2. The van der Waals surface area contributed by atoms with E-state index in [-0.39, 0.29) is 16.9 Å². The molecule has 0 atom stereocenters. The Balaban J connectivity index is 2.50. The Morgan fingerprint density at radius 1 is 0.947 bits per heavy atom. The van der Waals surface area contributed by atoms with Crippen molar-refractivity contribution >= 4 is 5.78 Å². The van der Waals surface area contributed by atoms with E-state index >= 15 is 0 Å². The third-order valence-corrected chi connectivity index (χ3v) is 2.58. The quantitative estimate of drug-likeness (QED) is 0.796. The van der Waals surface area contributed by atoms with Gasteiger partial charge in [0, 0.05) is 12.1 Å². The molecule has 2 aromatic rings. The maximum Gasteiger partial charge on any atom is 0.199 e. The van der Waals surface area contributed by atoms with Gasteiger partial charge in [0.05, 0.1) is 18.2 Å². The lowest BCUT2D eigenvalue weighted by atomic mass is 10.0. The minimum Gasteiger partial charge on any atom is -0.496 e. The van der Waals surface area contributed by atoms with Crippen LogP contribution in [0.15, 0.2) is 36.4 Å². The number of carbonyl (C=O) groups is 1. The van der Waals surface area contributed by atoms with Crippen molar-refractivity contribution in [3.8, 4) is 5.75 Å². The molecule has 0 N–H and O–H groups in total. The Morgan fingerprint density at radius 3 is 2.11 bits per heavy atom. The van der Waals surface area contributed by atoms with E-state index in [1.165, 1.54) is 13.2 Å². The number of hydrogen-bond donors (Lipinski definition) is 0. The molecule has 0 heterocycles. The maximum absolute atomic E-state index is 13.5. The van der Waals surface area contributed by atoms with Crippen LogP contribution in [0.1, 0.15) is 15.9 Å². The summed E-state index contributed by atoms with van der Waals surface area (Å²) >= 11 is 0. The average Bonchev–Trinajstić information content (AvgIpc) is 2.37. The van der Waals surface area contributed by atoms with Gasteiger partial charge in [-0.3, -0.25) is 4.79 Å². The van der Waals surface area contributed by atoms with E-state index in [1.807, 2.05) is 0 Å². The summed E-state index contributed by atoms with van der Waals surface area (Å²) in [6.45, 7) is 0. The zero-order valence-electron chi connectivity index (χ0n) is 9.91. The van der Waals surface area contributed by atoms with E-state index in [9.17, 15) is 18.0 Å². The largest absolute Gasteiger partial charge is 0.496 e. The molecule has 0 unspecified atom stereocenters. The first-order valence-corrected chi connectivity index (χ1v) is 5.36. The van der Waals surface area contributed by atoms with Gasteiger partial charge in [-0.1, -0.05) is 0 Å². The first-order valence-electron chi connectivity index (χ1n) is 5.36. The van der Waals surface area contributed by atoms with Crippen LogP contribution in [0, 0.1) is 17.5 Å². The summed E-state index contributed by atoms with van der Waals surface area (Å²) in [6, 6.07) is 5.91. The van der Waals surface area contributed by atoms with Gasteiger partial charge in [-0.05, 0) is 24.3 Å². The number of benzene rings is 2. The third kappa shape index (κ3) is 2.59. The molecule has 2 rings (SSSR count). The van der Waals surface area contributed by atoms with Gasteiger partial charge in [-0.2, -0.15) is 0 Å². The van der Waals surface area contributed by atoms with E-state index < -0.39 is 23.2 Å². The van der Waals surface area contributed by atoms with Crippen molar-refractivity contribution in [2.24, 2.45) is 0 Å². The molecular formula is C14H9F3O2. The lowest BCUT2D eigenvalue weighted by Gasteiger charge is -2.08. The van der Waals surface area contributed by atoms with Gasteiger partial charge in [-0.15, -0.1) is 0 Å². The highest BCUT2D eigenvalue weighted by Gasteiger charge is 2.18. The second-order valence-corrected chi connectivity index (χ2v) is 3.80.